The first-order chi connectivity index (χ1) is 31.2. The Morgan fingerprint density at radius 3 is 1.52 bits per heavy atom. The molecule has 1 heterocycles. The minimum atomic E-state index is -0.407. The van der Waals surface area contributed by atoms with Crippen molar-refractivity contribution in [2.24, 2.45) is 29.6 Å². The lowest BCUT2D eigenvalue weighted by Crippen LogP contribution is -2.45. The highest BCUT2D eigenvalue weighted by atomic mass is 35.5. The first-order valence-corrected chi connectivity index (χ1v) is 29.9. The number of ether oxygens (including phenoxy) is 1. The highest BCUT2D eigenvalue weighted by molar-refractivity contribution is 6.58. The number of halogens is 2. The fourth-order valence-electron chi connectivity index (χ4n) is 10.9. The number of aromatic hydroxyl groups is 3. The van der Waals surface area contributed by atoms with Gasteiger partial charge in [0.15, 0.2) is 0 Å². The summed E-state index contributed by atoms with van der Waals surface area (Å²) in [5.74, 6) is 5.58. The minimum Gasteiger partial charge on any atom is -0.507 e. The van der Waals surface area contributed by atoms with Crippen molar-refractivity contribution < 1.29 is 20.1 Å². The Balaban J connectivity index is 0.000000346. The second-order valence-corrected chi connectivity index (χ2v) is 26.1. The molecular formula is C59H97AlCl2O4. The third kappa shape index (κ3) is 20.9. The Labute approximate surface area is 420 Å². The summed E-state index contributed by atoms with van der Waals surface area (Å²) in [4.78, 5) is 0. The molecule has 3 aliphatic rings. The monoisotopic (exact) mass is 967 g/mol. The van der Waals surface area contributed by atoms with Crippen LogP contribution in [0.25, 0.3) is 0 Å². The van der Waals surface area contributed by atoms with Crippen LogP contribution >= 0.6 is 23.2 Å². The standard InChI is InChI=1S/2C23H34O2.3C4H9.CH2Cl2.Al/c1-5-6-7-8-9-10-17-14-20(24)22-18-13-16(2)11-12-19(18)23(3,4)25-21(22)15-17;1-5-6-7-8-9-10-18-14-21(24)23(22(25)15-18)20-13-17(4)11-12-19(20)16(2)3;3*1-4(2)3;2-1-3;/h13-15,18-19,24H,5-12H2,1-4H3;13-15,19-20,24-25H,2,5-12H2,1,3-4H3;3*4H,1H2,2-3H3;1H2;/t18-,19-;19-,20+;;;;;/m10...../s1. The van der Waals surface area contributed by atoms with Crippen molar-refractivity contribution in [3.63, 3.8) is 0 Å². The van der Waals surface area contributed by atoms with E-state index in [0.29, 0.717) is 17.2 Å². The molecule has 0 aromatic heterocycles. The maximum absolute atomic E-state index is 10.8. The van der Waals surface area contributed by atoms with Gasteiger partial charge in [-0.25, -0.2) is 0 Å². The van der Waals surface area contributed by atoms with Crippen LogP contribution in [-0.2, 0) is 12.8 Å². The van der Waals surface area contributed by atoms with Crippen LogP contribution in [-0.4, -0.2) is 40.4 Å². The van der Waals surface area contributed by atoms with Gasteiger partial charge in [-0.15, -0.1) is 23.2 Å². The largest absolute Gasteiger partial charge is 0.507 e. The number of alkyl halides is 2. The Morgan fingerprint density at radius 2 is 1.08 bits per heavy atom. The number of hydrogen-bond donors (Lipinski definition) is 3. The van der Waals surface area contributed by atoms with E-state index in [1.54, 1.807) is 15.8 Å². The highest BCUT2D eigenvalue weighted by Gasteiger charge is 2.45. The minimum absolute atomic E-state index is 0.0184. The number of benzene rings is 2. The molecule has 0 unspecified atom stereocenters. The lowest BCUT2D eigenvalue weighted by atomic mass is 9.68. The van der Waals surface area contributed by atoms with E-state index in [1.165, 1.54) is 74.5 Å². The topological polar surface area (TPSA) is 69.9 Å². The third-order valence-corrected chi connectivity index (χ3v) is 18.8. The summed E-state index contributed by atoms with van der Waals surface area (Å²) in [6, 6.07) is 7.87. The van der Waals surface area contributed by atoms with E-state index in [-0.39, 0.29) is 40.2 Å². The van der Waals surface area contributed by atoms with Crippen LogP contribution < -0.4 is 4.74 Å². The van der Waals surface area contributed by atoms with Gasteiger partial charge >= 0.3 is 0 Å². The Kier molecular flexibility index (Phi) is 28.5. The Hall–Kier alpha value is -2.03. The molecule has 0 bridgehead atoms. The Morgan fingerprint density at radius 1 is 0.667 bits per heavy atom. The van der Waals surface area contributed by atoms with Gasteiger partial charge in [0, 0.05) is 28.9 Å². The molecule has 0 radical (unpaired) electrons. The summed E-state index contributed by atoms with van der Waals surface area (Å²) in [6.07, 6.45) is 23.3. The van der Waals surface area contributed by atoms with Crippen molar-refractivity contribution in [2.75, 3.05) is 5.34 Å². The number of fused-ring (bicyclic) bond motifs is 3. The summed E-state index contributed by atoms with van der Waals surface area (Å²) in [7, 11) is 0. The molecule has 3 N–H and O–H groups in total. The van der Waals surface area contributed by atoms with Crippen molar-refractivity contribution in [2.45, 2.75) is 226 Å². The van der Waals surface area contributed by atoms with Gasteiger partial charge in [-0.3, -0.25) is 0 Å². The number of phenolic OH excluding ortho intramolecular Hbond substituents is 3. The number of rotatable bonds is 20. The zero-order valence-electron chi connectivity index (χ0n) is 44.4. The van der Waals surface area contributed by atoms with Crippen LogP contribution in [0.1, 0.15) is 214 Å². The van der Waals surface area contributed by atoms with E-state index in [4.69, 9.17) is 27.9 Å². The van der Waals surface area contributed by atoms with Gasteiger partial charge in [0.2, 0.25) is 0 Å². The van der Waals surface area contributed by atoms with Crippen molar-refractivity contribution >= 4 is 37.4 Å². The number of unbranched alkanes of at least 4 members (excludes halogenated alkanes) is 8. The van der Waals surface area contributed by atoms with Crippen molar-refractivity contribution in [3.8, 4) is 23.0 Å². The fourth-order valence-corrected chi connectivity index (χ4v) is 15.5. The van der Waals surface area contributed by atoms with Crippen LogP contribution in [0, 0.1) is 29.6 Å². The molecule has 374 valence electrons. The predicted octanol–water partition coefficient (Wildman–Crippen LogP) is 19.0. The molecule has 0 amide bonds. The highest BCUT2D eigenvalue weighted by Crippen LogP contribution is 2.53. The molecule has 1 aliphatic heterocycles. The van der Waals surface area contributed by atoms with E-state index in [1.807, 2.05) is 25.1 Å². The van der Waals surface area contributed by atoms with Gasteiger partial charge in [0.1, 0.15) is 28.6 Å². The molecule has 66 heavy (non-hydrogen) atoms. The Bertz CT molecular complexity index is 1730. The zero-order chi connectivity index (χ0) is 49.6. The fraction of sp³-hybridized carbons (Fsp3) is 0.695. The van der Waals surface area contributed by atoms with Crippen LogP contribution in [0.3, 0.4) is 0 Å². The average molecular weight is 968 g/mol. The molecular weight excluding hydrogens is 871 g/mol. The number of aryl methyl sites for hydroxylation is 2. The number of allylic oxidation sites excluding steroid dienone is 5. The van der Waals surface area contributed by atoms with E-state index in [2.05, 4.69) is 108 Å². The zero-order valence-corrected chi connectivity index (χ0v) is 47.1. The van der Waals surface area contributed by atoms with Gasteiger partial charge in [-0.2, -0.15) is 0 Å². The van der Waals surface area contributed by atoms with E-state index in [0.717, 1.165) is 85.1 Å². The summed E-state index contributed by atoms with van der Waals surface area (Å²) < 4.78 is 6.40. The van der Waals surface area contributed by atoms with Crippen molar-refractivity contribution in [1.29, 1.82) is 0 Å². The summed E-state index contributed by atoms with van der Waals surface area (Å²) in [6.45, 7) is 33.6. The summed E-state index contributed by atoms with van der Waals surface area (Å²) >= 11 is 9.12. The predicted molar refractivity (Wildman–Crippen MR) is 292 cm³/mol. The molecule has 2 aromatic rings. The van der Waals surface area contributed by atoms with Crippen LogP contribution in [0.5, 0.6) is 23.0 Å². The van der Waals surface area contributed by atoms with E-state index >= 15 is 0 Å². The van der Waals surface area contributed by atoms with Gasteiger partial charge < -0.3 is 20.1 Å². The van der Waals surface area contributed by atoms with E-state index in [9.17, 15) is 15.3 Å². The van der Waals surface area contributed by atoms with Crippen molar-refractivity contribution in [3.05, 3.63) is 82.0 Å². The molecule has 5 rings (SSSR count). The van der Waals surface area contributed by atoms with Gasteiger partial charge in [-0.1, -0.05) is 176 Å². The quantitative estimate of drug-likeness (QED) is 0.0535. The third-order valence-electron chi connectivity index (χ3n) is 14.0. The summed E-state index contributed by atoms with van der Waals surface area (Å²) in [5.41, 5.74) is 7.61. The van der Waals surface area contributed by atoms with Crippen LogP contribution in [0.4, 0.5) is 0 Å². The maximum Gasteiger partial charge on any atom is 0.262 e. The molecule has 4 atom stereocenters. The summed E-state index contributed by atoms with van der Waals surface area (Å²) in [5, 5.41) is 36.9. The second kappa shape index (κ2) is 31.3. The molecule has 2 aromatic carbocycles. The molecule has 7 heteroatoms. The number of phenols is 3. The molecule has 2 aliphatic carbocycles. The van der Waals surface area contributed by atoms with Crippen LogP contribution in [0.15, 0.2) is 59.7 Å². The normalized spacial score (nSPS) is 19.4. The molecule has 0 spiro atoms. The van der Waals surface area contributed by atoms with Gasteiger partial charge in [-0.05, 0) is 127 Å². The second-order valence-electron chi connectivity index (χ2n) is 22.2. The van der Waals surface area contributed by atoms with Crippen LogP contribution in [0.2, 0.25) is 15.8 Å². The lowest BCUT2D eigenvalue weighted by Gasteiger charge is -2.46. The van der Waals surface area contributed by atoms with Gasteiger partial charge in [0.25, 0.3) is 14.1 Å². The van der Waals surface area contributed by atoms with E-state index < -0.39 is 14.1 Å². The molecule has 4 nitrogen and oxygen atoms in total. The molecule has 0 saturated carbocycles. The number of hydrogen-bond acceptors (Lipinski definition) is 4. The maximum atomic E-state index is 10.8. The smallest absolute Gasteiger partial charge is 0.262 e. The molecule has 0 saturated heterocycles. The van der Waals surface area contributed by atoms with Gasteiger partial charge in [0.05, 0.1) is 5.34 Å². The first-order valence-electron chi connectivity index (χ1n) is 26.4. The molecule has 0 fully saturated rings. The first kappa shape index (κ1) is 60.1. The van der Waals surface area contributed by atoms with Crippen molar-refractivity contribution in [1.82, 2.24) is 0 Å². The SMILES string of the molecule is C=C(C)[C@@H]1CCC(C)=C[C@H]1c1c(O)cc(CCCCCCC)cc1O.CC(C)[CH2][Al]([CH2]C(C)C)[CH2]C(C)C.CCCCCCCc1cc(O)c2c(c1)OC(C)(C)[C@@H]1CCC(C)=C[C@@H]21.ClCCl. The average Bonchev–Trinajstić information content (AvgIpc) is 3.20. The lowest BCUT2D eigenvalue weighted by molar-refractivity contribution is 0.0107.